The zero-order valence-corrected chi connectivity index (χ0v) is 13.0. The lowest BCUT2D eigenvalue weighted by molar-refractivity contribution is -0.142. The Morgan fingerprint density at radius 3 is 2.50 bits per heavy atom. The van der Waals surface area contributed by atoms with Crippen LogP contribution >= 0.6 is 0 Å². The van der Waals surface area contributed by atoms with E-state index in [2.05, 4.69) is 10.3 Å². The lowest BCUT2D eigenvalue weighted by Gasteiger charge is -2.14. The van der Waals surface area contributed by atoms with Crippen LogP contribution in [-0.2, 0) is 16.0 Å². The van der Waals surface area contributed by atoms with Crippen molar-refractivity contribution >= 4 is 22.8 Å². The summed E-state index contributed by atoms with van der Waals surface area (Å²) in [6, 6.07) is 15.6. The van der Waals surface area contributed by atoms with Gasteiger partial charge in [0.05, 0.1) is 0 Å². The number of carbonyl (C=O) groups is 2. The molecule has 2 aromatic carbocycles. The van der Waals surface area contributed by atoms with Gasteiger partial charge in [0.25, 0.3) is 0 Å². The molecule has 122 valence electrons. The Bertz CT molecular complexity index is 855. The van der Waals surface area contributed by atoms with Gasteiger partial charge in [0.2, 0.25) is 5.91 Å². The van der Waals surface area contributed by atoms with Crippen molar-refractivity contribution in [3.8, 4) is 0 Å². The molecule has 0 saturated carbocycles. The molecule has 1 amide bonds. The molecule has 3 aromatic rings. The number of aryl methyl sites for hydroxylation is 1. The Labute approximate surface area is 139 Å². The van der Waals surface area contributed by atoms with Crippen LogP contribution in [0.4, 0.5) is 0 Å². The number of carbonyl (C=O) groups excluding carboxylic acids is 1. The van der Waals surface area contributed by atoms with Gasteiger partial charge in [0.15, 0.2) is 6.04 Å². The molecule has 3 rings (SSSR count). The largest absolute Gasteiger partial charge is 0.479 e. The van der Waals surface area contributed by atoms with Crippen molar-refractivity contribution in [2.24, 2.45) is 0 Å². The second-order valence-electron chi connectivity index (χ2n) is 5.61. The number of benzene rings is 2. The Balaban J connectivity index is 1.65. The summed E-state index contributed by atoms with van der Waals surface area (Å²) >= 11 is 0. The van der Waals surface area contributed by atoms with Crippen LogP contribution in [0.15, 0.2) is 60.8 Å². The number of H-pyrrole nitrogens is 1. The van der Waals surface area contributed by atoms with Gasteiger partial charge in [-0.05, 0) is 23.6 Å². The second kappa shape index (κ2) is 7.00. The summed E-state index contributed by atoms with van der Waals surface area (Å²) in [5, 5.41) is 13.0. The van der Waals surface area contributed by atoms with Gasteiger partial charge in [-0.3, -0.25) is 4.79 Å². The number of carboxylic acid groups (broad SMARTS) is 1. The van der Waals surface area contributed by atoms with E-state index in [1.807, 2.05) is 30.5 Å². The quantitative estimate of drug-likeness (QED) is 0.652. The first-order valence-electron chi connectivity index (χ1n) is 7.77. The average Bonchev–Trinajstić information content (AvgIpc) is 3.01. The van der Waals surface area contributed by atoms with Crippen LogP contribution in [0.3, 0.4) is 0 Å². The Morgan fingerprint density at radius 1 is 1.04 bits per heavy atom. The molecule has 1 heterocycles. The first kappa shape index (κ1) is 15.8. The molecule has 0 fully saturated rings. The molecule has 1 aromatic heterocycles. The van der Waals surface area contributed by atoms with Crippen LogP contribution in [0.2, 0.25) is 0 Å². The Hall–Kier alpha value is -3.08. The highest BCUT2D eigenvalue weighted by Crippen LogP contribution is 2.19. The lowest BCUT2D eigenvalue weighted by Crippen LogP contribution is -2.33. The highest BCUT2D eigenvalue weighted by molar-refractivity contribution is 5.86. The van der Waals surface area contributed by atoms with Gasteiger partial charge in [0, 0.05) is 23.5 Å². The molecule has 0 bridgehead atoms. The van der Waals surface area contributed by atoms with E-state index in [0.29, 0.717) is 12.0 Å². The van der Waals surface area contributed by atoms with E-state index in [4.69, 9.17) is 0 Å². The van der Waals surface area contributed by atoms with Crippen molar-refractivity contribution in [3.05, 3.63) is 71.9 Å². The summed E-state index contributed by atoms with van der Waals surface area (Å²) < 4.78 is 0. The summed E-state index contributed by atoms with van der Waals surface area (Å²) in [4.78, 5) is 26.8. The van der Waals surface area contributed by atoms with E-state index in [0.717, 1.165) is 16.5 Å². The van der Waals surface area contributed by atoms with Gasteiger partial charge in [-0.1, -0.05) is 48.5 Å². The number of aliphatic carboxylic acids is 1. The normalized spacial score (nSPS) is 12.0. The third kappa shape index (κ3) is 3.46. The maximum atomic E-state index is 12.2. The molecule has 0 spiro atoms. The zero-order valence-electron chi connectivity index (χ0n) is 13.0. The number of carboxylic acids is 1. The first-order valence-corrected chi connectivity index (χ1v) is 7.77. The summed E-state index contributed by atoms with van der Waals surface area (Å²) in [5.41, 5.74) is 2.64. The number of hydrogen-bond acceptors (Lipinski definition) is 2. The standard InChI is InChI=1S/C19H18N2O3/c22-17(21-18(19(23)24)13-6-2-1-3-7-13)11-10-14-12-20-16-9-5-4-8-15(14)16/h1-9,12,18,20H,10-11H2,(H,21,22)(H,23,24)/t18-/m1/s1. The fourth-order valence-corrected chi connectivity index (χ4v) is 2.75. The molecule has 0 radical (unpaired) electrons. The number of para-hydroxylation sites is 1. The minimum absolute atomic E-state index is 0.235. The number of aromatic amines is 1. The number of aromatic nitrogens is 1. The van der Waals surface area contributed by atoms with E-state index < -0.39 is 12.0 Å². The van der Waals surface area contributed by atoms with E-state index in [-0.39, 0.29) is 12.3 Å². The third-order valence-electron chi connectivity index (χ3n) is 3.98. The van der Waals surface area contributed by atoms with Gasteiger partial charge in [0.1, 0.15) is 0 Å². The lowest BCUT2D eigenvalue weighted by atomic mass is 10.1. The minimum atomic E-state index is -1.07. The second-order valence-corrected chi connectivity index (χ2v) is 5.61. The van der Waals surface area contributed by atoms with Crippen molar-refractivity contribution in [1.29, 1.82) is 0 Å². The fraction of sp³-hybridized carbons (Fsp3) is 0.158. The number of hydrogen-bond donors (Lipinski definition) is 3. The van der Waals surface area contributed by atoms with Crippen LogP contribution in [0.25, 0.3) is 10.9 Å². The summed E-state index contributed by atoms with van der Waals surface area (Å²) in [6.45, 7) is 0. The van der Waals surface area contributed by atoms with Gasteiger partial charge in [-0.25, -0.2) is 4.79 Å². The molecule has 5 heteroatoms. The predicted molar refractivity (Wildman–Crippen MR) is 91.6 cm³/mol. The summed E-state index contributed by atoms with van der Waals surface area (Å²) in [6.07, 6.45) is 2.68. The predicted octanol–water partition coefficient (Wildman–Crippen LogP) is 3.04. The number of amides is 1. The monoisotopic (exact) mass is 322 g/mol. The maximum Gasteiger partial charge on any atom is 0.330 e. The molecule has 0 aliphatic heterocycles. The number of nitrogens with one attached hydrogen (secondary N) is 2. The van der Waals surface area contributed by atoms with Crippen LogP contribution < -0.4 is 5.32 Å². The highest BCUT2D eigenvalue weighted by Gasteiger charge is 2.21. The molecule has 5 nitrogen and oxygen atoms in total. The van der Waals surface area contributed by atoms with Crippen LogP contribution in [0.5, 0.6) is 0 Å². The molecule has 0 aliphatic rings. The topological polar surface area (TPSA) is 82.2 Å². The summed E-state index contributed by atoms with van der Waals surface area (Å²) in [7, 11) is 0. The molecule has 0 saturated heterocycles. The molecule has 0 aliphatic carbocycles. The molecule has 24 heavy (non-hydrogen) atoms. The number of rotatable bonds is 6. The van der Waals surface area contributed by atoms with Gasteiger partial charge in [-0.2, -0.15) is 0 Å². The fourth-order valence-electron chi connectivity index (χ4n) is 2.75. The third-order valence-corrected chi connectivity index (χ3v) is 3.98. The average molecular weight is 322 g/mol. The van der Waals surface area contributed by atoms with Crippen molar-refractivity contribution in [3.63, 3.8) is 0 Å². The van der Waals surface area contributed by atoms with Crippen LogP contribution in [0, 0.1) is 0 Å². The van der Waals surface area contributed by atoms with Gasteiger partial charge < -0.3 is 15.4 Å². The van der Waals surface area contributed by atoms with Crippen LogP contribution in [0.1, 0.15) is 23.6 Å². The molecule has 1 atom stereocenters. The van der Waals surface area contributed by atoms with Crippen molar-refractivity contribution < 1.29 is 14.7 Å². The highest BCUT2D eigenvalue weighted by atomic mass is 16.4. The number of fused-ring (bicyclic) bond motifs is 1. The van der Waals surface area contributed by atoms with Crippen molar-refractivity contribution in [1.82, 2.24) is 10.3 Å². The zero-order chi connectivity index (χ0) is 16.9. The molecule has 3 N–H and O–H groups in total. The minimum Gasteiger partial charge on any atom is -0.479 e. The van der Waals surface area contributed by atoms with E-state index in [1.54, 1.807) is 30.3 Å². The van der Waals surface area contributed by atoms with E-state index in [1.165, 1.54) is 0 Å². The van der Waals surface area contributed by atoms with E-state index in [9.17, 15) is 14.7 Å². The van der Waals surface area contributed by atoms with E-state index >= 15 is 0 Å². The van der Waals surface area contributed by atoms with Gasteiger partial charge in [-0.15, -0.1) is 0 Å². The Kier molecular flexibility index (Phi) is 4.61. The first-order chi connectivity index (χ1) is 11.6. The van der Waals surface area contributed by atoms with Gasteiger partial charge >= 0.3 is 5.97 Å². The Morgan fingerprint density at radius 2 is 1.75 bits per heavy atom. The molecular weight excluding hydrogens is 304 g/mol. The smallest absolute Gasteiger partial charge is 0.330 e. The molecular formula is C19H18N2O3. The van der Waals surface area contributed by atoms with Crippen molar-refractivity contribution in [2.75, 3.05) is 0 Å². The summed E-state index contributed by atoms with van der Waals surface area (Å²) in [5.74, 6) is -1.35. The maximum absolute atomic E-state index is 12.2. The van der Waals surface area contributed by atoms with Crippen LogP contribution in [-0.4, -0.2) is 22.0 Å². The van der Waals surface area contributed by atoms with Crippen molar-refractivity contribution in [2.45, 2.75) is 18.9 Å². The molecule has 0 unspecified atom stereocenters. The SMILES string of the molecule is O=C(CCc1c[nH]c2ccccc12)N[C@@H](C(=O)O)c1ccccc1.